The quantitative estimate of drug-likeness (QED) is 0.348. The molecule has 8 nitrogen and oxygen atoms in total. The van der Waals surface area contributed by atoms with Gasteiger partial charge in [0.05, 0.1) is 34.6 Å². The fraction of sp³-hybridized carbons (Fsp3) is 0.130. The number of nitrogens with zero attached hydrogens (tertiary/aromatic N) is 4. The van der Waals surface area contributed by atoms with Gasteiger partial charge in [-0.25, -0.2) is 9.37 Å². The maximum Gasteiger partial charge on any atom is 0.159 e. The molecule has 5 heterocycles. The first-order valence-corrected chi connectivity index (χ1v) is 10.2. The molecule has 0 bridgehead atoms. The predicted molar refractivity (Wildman–Crippen MR) is 119 cm³/mol. The third-order valence-corrected chi connectivity index (χ3v) is 5.65. The second kappa shape index (κ2) is 7.24. The zero-order valence-corrected chi connectivity index (χ0v) is 16.9. The minimum Gasteiger partial charge on any atom is -0.508 e. The van der Waals surface area contributed by atoms with E-state index in [9.17, 15) is 9.50 Å². The number of phenols is 1. The van der Waals surface area contributed by atoms with E-state index in [1.807, 2.05) is 6.07 Å². The van der Waals surface area contributed by atoms with E-state index >= 15 is 0 Å². The number of fused-ring (bicyclic) bond motifs is 2. The number of rotatable bonds is 3. The van der Waals surface area contributed by atoms with E-state index in [4.69, 9.17) is 4.98 Å². The fourth-order valence-electron chi connectivity index (χ4n) is 4.11. The number of hydrogen-bond donors (Lipinski definition) is 4. The van der Waals surface area contributed by atoms with Crippen molar-refractivity contribution in [3.8, 4) is 28.4 Å². The molecule has 5 aromatic rings. The van der Waals surface area contributed by atoms with E-state index in [2.05, 4.69) is 36.5 Å². The minimum atomic E-state index is -0.529. The van der Waals surface area contributed by atoms with Gasteiger partial charge in [-0.1, -0.05) is 6.08 Å². The van der Waals surface area contributed by atoms with Crippen molar-refractivity contribution in [3.05, 3.63) is 60.4 Å². The minimum absolute atomic E-state index is 0.154. The van der Waals surface area contributed by atoms with Crippen LogP contribution in [0, 0.1) is 5.82 Å². The highest BCUT2D eigenvalue weighted by molar-refractivity contribution is 5.97. The number of aromatic nitrogens is 6. The van der Waals surface area contributed by atoms with Crippen LogP contribution < -0.4 is 5.32 Å². The number of aromatic hydroxyl groups is 1. The summed E-state index contributed by atoms with van der Waals surface area (Å²) in [5, 5.41) is 21.5. The van der Waals surface area contributed by atoms with Gasteiger partial charge in [-0.3, -0.25) is 15.1 Å². The number of nitrogens with one attached hydrogen (secondary N) is 3. The van der Waals surface area contributed by atoms with Crippen molar-refractivity contribution in [2.45, 2.75) is 6.42 Å². The van der Waals surface area contributed by atoms with E-state index in [-0.39, 0.29) is 5.75 Å². The molecule has 0 atom stereocenters. The van der Waals surface area contributed by atoms with Crippen LogP contribution in [-0.4, -0.2) is 48.3 Å². The Morgan fingerprint density at radius 3 is 2.81 bits per heavy atom. The standard InChI is InChI=1S/C23H18FN7O/c24-14-5-13(6-15(32)7-14)17-9-26-10-20-21(17)29-23(28-20)22-16-8-18(12-1-3-25-4-2-12)27-11-19(16)30-31-22/h1,5-11,25,32H,2-4H2,(H,28,29)(H,30,31). The summed E-state index contributed by atoms with van der Waals surface area (Å²) in [6.07, 6.45) is 8.14. The molecule has 1 aliphatic rings. The molecule has 4 N–H and O–H groups in total. The number of pyridine rings is 2. The van der Waals surface area contributed by atoms with Gasteiger partial charge in [-0.05, 0) is 42.3 Å². The van der Waals surface area contributed by atoms with Crippen LogP contribution >= 0.6 is 0 Å². The molecular formula is C23H18FN7O. The molecule has 0 fully saturated rings. The zero-order chi connectivity index (χ0) is 21.7. The number of H-pyrrole nitrogens is 2. The fourth-order valence-corrected chi connectivity index (χ4v) is 4.11. The molecular weight excluding hydrogens is 409 g/mol. The molecule has 4 aromatic heterocycles. The molecule has 1 aliphatic heterocycles. The van der Waals surface area contributed by atoms with Gasteiger partial charge < -0.3 is 15.4 Å². The Hall–Kier alpha value is -4.11. The summed E-state index contributed by atoms with van der Waals surface area (Å²) in [7, 11) is 0. The Bertz CT molecular complexity index is 1500. The van der Waals surface area contributed by atoms with Crippen LogP contribution in [0.2, 0.25) is 0 Å². The van der Waals surface area contributed by atoms with Crippen molar-refractivity contribution in [3.63, 3.8) is 0 Å². The van der Waals surface area contributed by atoms with E-state index in [0.29, 0.717) is 33.7 Å². The molecule has 32 heavy (non-hydrogen) atoms. The van der Waals surface area contributed by atoms with E-state index in [0.717, 1.165) is 42.2 Å². The number of imidazole rings is 1. The van der Waals surface area contributed by atoms with Gasteiger partial charge in [0.25, 0.3) is 0 Å². The van der Waals surface area contributed by atoms with Crippen molar-refractivity contribution in [2.75, 3.05) is 13.1 Å². The first-order chi connectivity index (χ1) is 15.7. The summed E-state index contributed by atoms with van der Waals surface area (Å²) in [5.74, 6) is -0.117. The van der Waals surface area contributed by atoms with Crippen molar-refractivity contribution in [1.82, 2.24) is 35.5 Å². The lowest BCUT2D eigenvalue weighted by Crippen LogP contribution is -2.20. The second-order valence-corrected chi connectivity index (χ2v) is 7.74. The SMILES string of the molecule is Oc1cc(F)cc(-c2cncc3[nH]c(-c4n[nH]c5cnc(C6=CCNCC6)cc45)nc23)c1. The Morgan fingerprint density at radius 2 is 1.97 bits per heavy atom. The molecule has 9 heteroatoms. The lowest BCUT2D eigenvalue weighted by molar-refractivity contribution is 0.469. The van der Waals surface area contributed by atoms with Crippen molar-refractivity contribution < 1.29 is 9.50 Å². The molecule has 0 spiro atoms. The highest BCUT2D eigenvalue weighted by Crippen LogP contribution is 2.33. The third kappa shape index (κ3) is 3.10. The van der Waals surface area contributed by atoms with Crippen molar-refractivity contribution in [2.24, 2.45) is 0 Å². The second-order valence-electron chi connectivity index (χ2n) is 7.74. The number of aromatic amines is 2. The van der Waals surface area contributed by atoms with Crippen molar-refractivity contribution >= 4 is 27.5 Å². The van der Waals surface area contributed by atoms with Crippen molar-refractivity contribution in [1.29, 1.82) is 0 Å². The Kier molecular flexibility index (Phi) is 4.22. The molecule has 158 valence electrons. The maximum absolute atomic E-state index is 13.9. The first kappa shape index (κ1) is 18.6. The molecule has 0 saturated carbocycles. The molecule has 1 aromatic carbocycles. The average molecular weight is 427 g/mol. The topological polar surface area (TPSA) is 115 Å². The Labute approximate surface area is 181 Å². The van der Waals surface area contributed by atoms with Crippen LogP contribution in [0.4, 0.5) is 4.39 Å². The van der Waals surface area contributed by atoms with Gasteiger partial charge in [0.2, 0.25) is 0 Å². The normalized spacial score (nSPS) is 14.2. The molecule has 0 radical (unpaired) electrons. The van der Waals surface area contributed by atoms with Gasteiger partial charge in [-0.2, -0.15) is 5.10 Å². The molecule has 6 rings (SSSR count). The number of halogens is 1. The average Bonchev–Trinajstić information content (AvgIpc) is 3.42. The monoisotopic (exact) mass is 427 g/mol. The lowest BCUT2D eigenvalue weighted by atomic mass is 10.0. The maximum atomic E-state index is 13.9. The van der Waals surface area contributed by atoms with Crippen LogP contribution in [0.1, 0.15) is 12.1 Å². The lowest BCUT2D eigenvalue weighted by Gasteiger charge is -2.13. The van der Waals surface area contributed by atoms with Gasteiger partial charge in [0, 0.05) is 29.8 Å². The van der Waals surface area contributed by atoms with Gasteiger partial charge >= 0.3 is 0 Å². The summed E-state index contributed by atoms with van der Waals surface area (Å²) in [6.45, 7) is 1.76. The summed E-state index contributed by atoms with van der Waals surface area (Å²) in [5.41, 5.74) is 6.03. The summed E-state index contributed by atoms with van der Waals surface area (Å²) >= 11 is 0. The smallest absolute Gasteiger partial charge is 0.159 e. The van der Waals surface area contributed by atoms with Crippen LogP contribution in [0.15, 0.2) is 48.9 Å². The van der Waals surface area contributed by atoms with E-state index in [1.165, 1.54) is 17.7 Å². The number of hydrogen-bond acceptors (Lipinski definition) is 6. The van der Waals surface area contributed by atoms with E-state index in [1.54, 1.807) is 18.6 Å². The first-order valence-electron chi connectivity index (χ1n) is 10.2. The molecule has 0 unspecified atom stereocenters. The number of phenolic OH excluding ortho intramolecular Hbond substituents is 1. The Balaban J connectivity index is 1.49. The molecule has 0 amide bonds. The van der Waals surface area contributed by atoms with Gasteiger partial charge in [0.15, 0.2) is 5.82 Å². The summed E-state index contributed by atoms with van der Waals surface area (Å²) in [4.78, 5) is 16.9. The van der Waals surface area contributed by atoms with Crippen LogP contribution in [0.3, 0.4) is 0 Å². The van der Waals surface area contributed by atoms with Gasteiger partial charge in [-0.15, -0.1) is 0 Å². The highest BCUT2D eigenvalue weighted by atomic mass is 19.1. The predicted octanol–water partition coefficient (Wildman–Crippen LogP) is 3.78. The molecule has 0 aliphatic carbocycles. The summed E-state index contributed by atoms with van der Waals surface area (Å²) in [6, 6.07) is 5.93. The summed E-state index contributed by atoms with van der Waals surface area (Å²) < 4.78 is 13.9. The van der Waals surface area contributed by atoms with Crippen LogP contribution in [-0.2, 0) is 0 Å². The van der Waals surface area contributed by atoms with Crippen LogP contribution in [0.25, 0.3) is 50.2 Å². The highest BCUT2D eigenvalue weighted by Gasteiger charge is 2.17. The van der Waals surface area contributed by atoms with Crippen LogP contribution in [0.5, 0.6) is 5.75 Å². The van der Waals surface area contributed by atoms with E-state index < -0.39 is 5.82 Å². The molecule has 0 saturated heterocycles. The number of benzene rings is 1. The third-order valence-electron chi connectivity index (χ3n) is 5.65. The largest absolute Gasteiger partial charge is 0.508 e. The van der Waals surface area contributed by atoms with Gasteiger partial charge in [0.1, 0.15) is 17.3 Å². The Morgan fingerprint density at radius 1 is 1.03 bits per heavy atom. The zero-order valence-electron chi connectivity index (χ0n) is 16.9.